The molecule has 0 saturated heterocycles. The number of unbranched alkanes of at least 4 members (excludes halogenated alkanes) is 2. The van der Waals surface area contributed by atoms with Gasteiger partial charge in [-0.3, -0.25) is 9.48 Å². The molecular weight excluding hydrogens is 230 g/mol. The molecule has 0 aromatic carbocycles. The van der Waals surface area contributed by atoms with Crippen LogP contribution in [0.15, 0.2) is 12.4 Å². The fraction of sp³-hybridized carbons (Fsp3) is 0.692. The Balaban J connectivity index is 1.91. The van der Waals surface area contributed by atoms with Gasteiger partial charge in [0.1, 0.15) is 0 Å². The molecule has 0 amide bonds. The molecule has 0 aliphatic heterocycles. The van der Waals surface area contributed by atoms with E-state index in [9.17, 15) is 4.79 Å². The van der Waals surface area contributed by atoms with Crippen molar-refractivity contribution in [3.8, 4) is 0 Å². The summed E-state index contributed by atoms with van der Waals surface area (Å²) in [4.78, 5) is 11.1. The molecule has 1 aromatic rings. The van der Waals surface area contributed by atoms with Crippen LogP contribution in [-0.2, 0) is 23.1 Å². The Bertz CT molecular complexity index is 350. The molecule has 0 fully saturated rings. The van der Waals surface area contributed by atoms with Gasteiger partial charge in [-0.1, -0.05) is 6.42 Å². The van der Waals surface area contributed by atoms with E-state index in [1.807, 2.05) is 26.4 Å². The Labute approximate surface area is 109 Å². The number of ether oxygens (including phenoxy) is 1. The van der Waals surface area contributed by atoms with Crippen molar-refractivity contribution in [3.05, 3.63) is 18.0 Å². The van der Waals surface area contributed by atoms with E-state index < -0.39 is 0 Å². The summed E-state index contributed by atoms with van der Waals surface area (Å²) in [5, 5.41) is 7.47. The zero-order valence-electron chi connectivity index (χ0n) is 11.3. The SMILES string of the molecule is CCOC(=O)CCCCCNCc1cnn(C)c1. The van der Waals surface area contributed by atoms with E-state index in [0.717, 1.165) is 32.4 Å². The molecule has 0 bridgehead atoms. The number of carbonyl (C=O) groups excluding carboxylic acids is 1. The minimum atomic E-state index is -0.0826. The fourth-order valence-electron chi connectivity index (χ4n) is 1.73. The van der Waals surface area contributed by atoms with Crippen LogP contribution in [0.25, 0.3) is 0 Å². The highest BCUT2D eigenvalue weighted by Crippen LogP contribution is 2.01. The molecule has 0 aliphatic rings. The van der Waals surface area contributed by atoms with Crippen molar-refractivity contribution in [2.24, 2.45) is 7.05 Å². The minimum absolute atomic E-state index is 0.0826. The number of carbonyl (C=O) groups is 1. The van der Waals surface area contributed by atoms with E-state index in [1.165, 1.54) is 5.56 Å². The third-order valence-corrected chi connectivity index (χ3v) is 2.63. The van der Waals surface area contributed by atoms with Gasteiger partial charge in [0.15, 0.2) is 0 Å². The topological polar surface area (TPSA) is 56.1 Å². The maximum atomic E-state index is 11.1. The lowest BCUT2D eigenvalue weighted by Gasteiger charge is -2.03. The molecule has 0 radical (unpaired) electrons. The van der Waals surface area contributed by atoms with E-state index in [4.69, 9.17) is 4.74 Å². The van der Waals surface area contributed by atoms with Gasteiger partial charge in [-0.15, -0.1) is 0 Å². The third kappa shape index (κ3) is 6.39. The molecule has 0 aliphatic carbocycles. The normalized spacial score (nSPS) is 10.6. The Morgan fingerprint density at radius 2 is 2.28 bits per heavy atom. The molecule has 5 heteroatoms. The van der Waals surface area contributed by atoms with Crippen LogP contribution in [-0.4, -0.2) is 28.9 Å². The van der Waals surface area contributed by atoms with Crippen molar-refractivity contribution in [3.63, 3.8) is 0 Å². The van der Waals surface area contributed by atoms with E-state index in [-0.39, 0.29) is 5.97 Å². The first-order chi connectivity index (χ1) is 8.72. The summed E-state index contributed by atoms with van der Waals surface area (Å²) in [5.41, 5.74) is 1.20. The summed E-state index contributed by atoms with van der Waals surface area (Å²) in [6, 6.07) is 0. The molecule has 0 spiro atoms. The second kappa shape index (κ2) is 8.69. The maximum absolute atomic E-state index is 11.1. The second-order valence-electron chi connectivity index (χ2n) is 4.31. The van der Waals surface area contributed by atoms with Gasteiger partial charge in [-0.2, -0.15) is 5.10 Å². The summed E-state index contributed by atoms with van der Waals surface area (Å²) >= 11 is 0. The highest BCUT2D eigenvalue weighted by atomic mass is 16.5. The lowest BCUT2D eigenvalue weighted by molar-refractivity contribution is -0.143. The Kier molecular flexibility index (Phi) is 7.10. The van der Waals surface area contributed by atoms with Gasteiger partial charge in [0.25, 0.3) is 0 Å². The van der Waals surface area contributed by atoms with Crippen molar-refractivity contribution < 1.29 is 9.53 Å². The average molecular weight is 253 g/mol. The predicted molar refractivity (Wildman–Crippen MR) is 70.0 cm³/mol. The van der Waals surface area contributed by atoms with Crippen molar-refractivity contribution in [1.29, 1.82) is 0 Å². The lowest BCUT2D eigenvalue weighted by Crippen LogP contribution is -2.14. The number of hydrogen-bond acceptors (Lipinski definition) is 4. The quantitative estimate of drug-likeness (QED) is 0.537. The van der Waals surface area contributed by atoms with Crippen molar-refractivity contribution in [2.75, 3.05) is 13.2 Å². The smallest absolute Gasteiger partial charge is 0.305 e. The van der Waals surface area contributed by atoms with Crippen molar-refractivity contribution >= 4 is 5.97 Å². The van der Waals surface area contributed by atoms with Crippen LogP contribution in [0.1, 0.15) is 38.2 Å². The molecule has 1 aromatic heterocycles. The number of aryl methyl sites for hydroxylation is 1. The summed E-state index contributed by atoms with van der Waals surface area (Å²) in [6.45, 7) is 4.13. The zero-order valence-corrected chi connectivity index (χ0v) is 11.3. The number of hydrogen-bond donors (Lipinski definition) is 1. The second-order valence-corrected chi connectivity index (χ2v) is 4.31. The summed E-state index contributed by atoms with van der Waals surface area (Å²) in [5.74, 6) is -0.0826. The van der Waals surface area contributed by atoms with Crippen LogP contribution >= 0.6 is 0 Å². The minimum Gasteiger partial charge on any atom is -0.466 e. The van der Waals surface area contributed by atoms with Gasteiger partial charge in [-0.05, 0) is 26.3 Å². The highest BCUT2D eigenvalue weighted by Gasteiger charge is 2.00. The Morgan fingerprint density at radius 1 is 1.44 bits per heavy atom. The lowest BCUT2D eigenvalue weighted by atomic mass is 10.2. The van der Waals surface area contributed by atoms with Gasteiger partial charge >= 0.3 is 5.97 Å². The van der Waals surface area contributed by atoms with Crippen LogP contribution in [0.3, 0.4) is 0 Å². The molecule has 102 valence electrons. The van der Waals surface area contributed by atoms with Crippen molar-refractivity contribution in [1.82, 2.24) is 15.1 Å². The standard InChI is InChI=1S/C13H23N3O2/c1-3-18-13(17)7-5-4-6-8-14-9-12-10-15-16(2)11-12/h10-11,14H,3-9H2,1-2H3. The van der Waals surface area contributed by atoms with E-state index >= 15 is 0 Å². The number of aromatic nitrogens is 2. The monoisotopic (exact) mass is 253 g/mol. The highest BCUT2D eigenvalue weighted by molar-refractivity contribution is 5.69. The molecule has 1 heterocycles. The van der Waals surface area contributed by atoms with E-state index in [0.29, 0.717) is 13.0 Å². The van der Waals surface area contributed by atoms with Crippen LogP contribution in [0.4, 0.5) is 0 Å². The number of rotatable bonds is 9. The van der Waals surface area contributed by atoms with Crippen LogP contribution in [0, 0.1) is 0 Å². The summed E-state index contributed by atoms with van der Waals surface area (Å²) < 4.78 is 6.67. The van der Waals surface area contributed by atoms with Gasteiger partial charge in [0.05, 0.1) is 12.8 Å². The first-order valence-corrected chi connectivity index (χ1v) is 6.56. The molecule has 0 atom stereocenters. The van der Waals surface area contributed by atoms with Gasteiger partial charge < -0.3 is 10.1 Å². The first-order valence-electron chi connectivity index (χ1n) is 6.56. The largest absolute Gasteiger partial charge is 0.466 e. The molecule has 0 unspecified atom stereocenters. The number of esters is 1. The van der Waals surface area contributed by atoms with Crippen LogP contribution < -0.4 is 5.32 Å². The molecular formula is C13H23N3O2. The summed E-state index contributed by atoms with van der Waals surface area (Å²) in [7, 11) is 1.92. The molecule has 0 saturated carbocycles. The summed E-state index contributed by atoms with van der Waals surface area (Å²) in [6.07, 6.45) is 7.46. The predicted octanol–water partition coefficient (Wildman–Crippen LogP) is 1.63. The van der Waals surface area contributed by atoms with E-state index in [2.05, 4.69) is 10.4 Å². The van der Waals surface area contributed by atoms with Crippen molar-refractivity contribution in [2.45, 2.75) is 39.2 Å². The number of nitrogens with one attached hydrogen (secondary N) is 1. The Morgan fingerprint density at radius 3 is 2.94 bits per heavy atom. The maximum Gasteiger partial charge on any atom is 0.305 e. The zero-order chi connectivity index (χ0) is 13.2. The van der Waals surface area contributed by atoms with Gasteiger partial charge in [0.2, 0.25) is 0 Å². The van der Waals surface area contributed by atoms with Gasteiger partial charge in [0, 0.05) is 31.8 Å². The molecule has 1 rings (SSSR count). The average Bonchev–Trinajstić information content (AvgIpc) is 2.74. The number of nitrogens with zero attached hydrogens (tertiary/aromatic N) is 2. The molecule has 1 N–H and O–H groups in total. The van der Waals surface area contributed by atoms with Gasteiger partial charge in [-0.25, -0.2) is 0 Å². The third-order valence-electron chi connectivity index (χ3n) is 2.63. The fourth-order valence-corrected chi connectivity index (χ4v) is 1.73. The Hall–Kier alpha value is -1.36. The van der Waals surface area contributed by atoms with Crippen LogP contribution in [0.5, 0.6) is 0 Å². The first kappa shape index (κ1) is 14.7. The van der Waals surface area contributed by atoms with Crippen LogP contribution in [0.2, 0.25) is 0 Å². The molecule has 18 heavy (non-hydrogen) atoms. The van der Waals surface area contributed by atoms with E-state index in [1.54, 1.807) is 4.68 Å². The molecule has 5 nitrogen and oxygen atoms in total.